The molecule has 0 radical (unpaired) electrons. The average Bonchev–Trinajstić information content (AvgIpc) is 2.52. The lowest BCUT2D eigenvalue weighted by molar-refractivity contribution is 0.243. The van der Waals surface area contributed by atoms with Crippen molar-refractivity contribution >= 4 is 5.96 Å². The van der Waals surface area contributed by atoms with E-state index in [0.29, 0.717) is 12.0 Å². The van der Waals surface area contributed by atoms with Crippen molar-refractivity contribution in [1.82, 2.24) is 5.32 Å². The first kappa shape index (κ1) is 8.85. The summed E-state index contributed by atoms with van der Waals surface area (Å²) in [4.78, 5) is 4.20. The summed E-state index contributed by atoms with van der Waals surface area (Å²) in [5, 5.41) is 3.27. The zero-order valence-corrected chi connectivity index (χ0v) is 8.29. The van der Waals surface area contributed by atoms with Crippen LogP contribution < -0.4 is 11.1 Å². The molecule has 0 bridgehead atoms. The van der Waals surface area contributed by atoms with Crippen molar-refractivity contribution in [2.45, 2.75) is 38.6 Å². The maximum absolute atomic E-state index is 5.61. The zero-order chi connectivity index (χ0) is 9.26. The minimum absolute atomic E-state index is 0.530. The van der Waals surface area contributed by atoms with Crippen LogP contribution in [0.4, 0.5) is 0 Å². The second-order valence-electron chi connectivity index (χ2n) is 4.51. The van der Waals surface area contributed by atoms with Crippen LogP contribution in [-0.4, -0.2) is 18.5 Å². The van der Waals surface area contributed by atoms with Crippen LogP contribution in [0.2, 0.25) is 0 Å². The topological polar surface area (TPSA) is 50.4 Å². The van der Waals surface area contributed by atoms with E-state index in [0.717, 1.165) is 18.4 Å². The highest BCUT2D eigenvalue weighted by molar-refractivity contribution is 5.79. The molecule has 74 valence electrons. The molecule has 3 atom stereocenters. The third-order valence-electron chi connectivity index (χ3n) is 3.34. The molecule has 3 nitrogen and oxygen atoms in total. The molecule has 2 rings (SSSR count). The van der Waals surface area contributed by atoms with E-state index in [4.69, 9.17) is 5.73 Å². The second kappa shape index (κ2) is 3.56. The van der Waals surface area contributed by atoms with Gasteiger partial charge in [-0.15, -0.1) is 0 Å². The first-order chi connectivity index (χ1) is 6.25. The smallest absolute Gasteiger partial charge is 0.188 e. The second-order valence-corrected chi connectivity index (χ2v) is 4.51. The molecule has 13 heavy (non-hydrogen) atoms. The molecule has 0 amide bonds. The van der Waals surface area contributed by atoms with Crippen molar-refractivity contribution in [3.05, 3.63) is 0 Å². The minimum atomic E-state index is 0.530. The van der Waals surface area contributed by atoms with Gasteiger partial charge < -0.3 is 11.1 Å². The summed E-state index contributed by atoms with van der Waals surface area (Å²) in [7, 11) is 0. The molecule has 0 aromatic heterocycles. The zero-order valence-electron chi connectivity index (χ0n) is 8.29. The normalized spacial score (nSPS) is 39.8. The number of nitrogens with two attached hydrogens (primary N) is 1. The van der Waals surface area contributed by atoms with E-state index in [-0.39, 0.29) is 0 Å². The van der Waals surface area contributed by atoms with Gasteiger partial charge in [0, 0.05) is 0 Å². The first-order valence-corrected chi connectivity index (χ1v) is 5.32. The van der Waals surface area contributed by atoms with Crippen molar-refractivity contribution in [3.63, 3.8) is 0 Å². The van der Waals surface area contributed by atoms with E-state index < -0.39 is 0 Å². The fraction of sp³-hybridized carbons (Fsp3) is 0.900. The van der Waals surface area contributed by atoms with Gasteiger partial charge in [-0.3, -0.25) is 4.99 Å². The number of aliphatic imine (C=N–C) groups is 1. The quantitative estimate of drug-likeness (QED) is 0.636. The van der Waals surface area contributed by atoms with Gasteiger partial charge >= 0.3 is 0 Å². The van der Waals surface area contributed by atoms with Crippen LogP contribution in [0.5, 0.6) is 0 Å². The standard InChI is InChI=1S/C10H19N3/c1-7-3-2-4-8(5-7)9-6-12-10(11)13-9/h7-9H,2-6H2,1H3,(H3,11,12,13). The van der Waals surface area contributed by atoms with E-state index in [2.05, 4.69) is 17.2 Å². The molecule has 3 N–H and O–H groups in total. The molecule has 3 heteroatoms. The third-order valence-corrected chi connectivity index (χ3v) is 3.34. The Bertz CT molecular complexity index is 212. The highest BCUT2D eigenvalue weighted by atomic mass is 15.2. The molecule has 1 fully saturated rings. The fourth-order valence-electron chi connectivity index (χ4n) is 2.59. The predicted molar refractivity (Wildman–Crippen MR) is 54.5 cm³/mol. The van der Waals surface area contributed by atoms with Gasteiger partial charge in [0.1, 0.15) is 0 Å². The van der Waals surface area contributed by atoms with Crippen molar-refractivity contribution in [2.75, 3.05) is 6.54 Å². The molecule has 0 aromatic rings. The third kappa shape index (κ3) is 1.95. The monoisotopic (exact) mass is 181 g/mol. The molecular weight excluding hydrogens is 162 g/mol. The number of nitrogens with one attached hydrogen (secondary N) is 1. The van der Waals surface area contributed by atoms with Crippen molar-refractivity contribution in [2.24, 2.45) is 22.6 Å². The lowest BCUT2D eigenvalue weighted by Crippen LogP contribution is -2.41. The molecule has 1 heterocycles. The van der Waals surface area contributed by atoms with E-state index in [9.17, 15) is 0 Å². The average molecular weight is 181 g/mol. The van der Waals surface area contributed by atoms with E-state index in [1.165, 1.54) is 25.7 Å². The summed E-state index contributed by atoms with van der Waals surface area (Å²) < 4.78 is 0. The van der Waals surface area contributed by atoms with E-state index >= 15 is 0 Å². The van der Waals surface area contributed by atoms with Crippen LogP contribution in [0.25, 0.3) is 0 Å². The molecule has 1 aliphatic carbocycles. The summed E-state index contributed by atoms with van der Waals surface area (Å²) in [5.41, 5.74) is 5.61. The Morgan fingerprint density at radius 2 is 2.31 bits per heavy atom. The first-order valence-electron chi connectivity index (χ1n) is 5.32. The molecule has 0 spiro atoms. The SMILES string of the molecule is CC1CCCC(C2CN=C(N)N2)C1. The highest BCUT2D eigenvalue weighted by Gasteiger charge is 2.28. The maximum atomic E-state index is 5.61. The number of hydrogen-bond donors (Lipinski definition) is 2. The Morgan fingerprint density at radius 1 is 1.46 bits per heavy atom. The number of nitrogens with zero attached hydrogens (tertiary/aromatic N) is 1. The highest BCUT2D eigenvalue weighted by Crippen LogP contribution is 2.31. The maximum Gasteiger partial charge on any atom is 0.188 e. The summed E-state index contributed by atoms with van der Waals surface area (Å²) in [6, 6.07) is 0.530. The predicted octanol–water partition coefficient (Wildman–Crippen LogP) is 1.10. The fourth-order valence-corrected chi connectivity index (χ4v) is 2.59. The van der Waals surface area contributed by atoms with E-state index in [1.54, 1.807) is 0 Å². The van der Waals surface area contributed by atoms with Crippen molar-refractivity contribution in [1.29, 1.82) is 0 Å². The molecule has 1 saturated carbocycles. The Labute approximate surface area is 79.8 Å². The van der Waals surface area contributed by atoms with Crippen molar-refractivity contribution < 1.29 is 0 Å². The Hall–Kier alpha value is -0.730. The largest absolute Gasteiger partial charge is 0.370 e. The van der Waals surface area contributed by atoms with Gasteiger partial charge in [-0.05, 0) is 24.7 Å². The molecule has 0 saturated heterocycles. The van der Waals surface area contributed by atoms with Gasteiger partial charge in [-0.2, -0.15) is 0 Å². The Balaban J connectivity index is 1.87. The van der Waals surface area contributed by atoms with E-state index in [1.807, 2.05) is 0 Å². The summed E-state index contributed by atoms with van der Waals surface area (Å²) in [6.45, 7) is 3.24. The van der Waals surface area contributed by atoms with Crippen LogP contribution in [-0.2, 0) is 0 Å². The van der Waals surface area contributed by atoms with Gasteiger partial charge in [0.2, 0.25) is 0 Å². The van der Waals surface area contributed by atoms with Crippen LogP contribution >= 0.6 is 0 Å². The van der Waals surface area contributed by atoms with Gasteiger partial charge in [-0.25, -0.2) is 0 Å². The number of hydrogen-bond acceptors (Lipinski definition) is 3. The summed E-state index contributed by atoms with van der Waals surface area (Å²) in [5.74, 6) is 2.33. The molecule has 1 aliphatic heterocycles. The van der Waals surface area contributed by atoms with Gasteiger partial charge in [0.15, 0.2) is 5.96 Å². The Morgan fingerprint density at radius 3 is 2.92 bits per heavy atom. The van der Waals surface area contributed by atoms with Gasteiger partial charge in [0.05, 0.1) is 12.6 Å². The number of rotatable bonds is 1. The Kier molecular flexibility index (Phi) is 2.42. The van der Waals surface area contributed by atoms with Crippen LogP contribution in [0, 0.1) is 11.8 Å². The minimum Gasteiger partial charge on any atom is -0.370 e. The molecular formula is C10H19N3. The molecule has 0 aromatic carbocycles. The van der Waals surface area contributed by atoms with Gasteiger partial charge in [0.25, 0.3) is 0 Å². The van der Waals surface area contributed by atoms with Crippen molar-refractivity contribution in [3.8, 4) is 0 Å². The van der Waals surface area contributed by atoms with Gasteiger partial charge in [-0.1, -0.05) is 19.8 Å². The van der Waals surface area contributed by atoms with Crippen LogP contribution in [0.1, 0.15) is 32.6 Å². The van der Waals surface area contributed by atoms with Crippen LogP contribution in [0.3, 0.4) is 0 Å². The molecule has 2 aliphatic rings. The number of guanidine groups is 1. The summed E-state index contributed by atoms with van der Waals surface area (Å²) >= 11 is 0. The lowest BCUT2D eigenvalue weighted by Gasteiger charge is -2.30. The van der Waals surface area contributed by atoms with Crippen LogP contribution in [0.15, 0.2) is 4.99 Å². The lowest BCUT2D eigenvalue weighted by atomic mass is 9.79. The summed E-state index contributed by atoms with van der Waals surface area (Å²) in [6.07, 6.45) is 5.48. The molecule has 3 unspecified atom stereocenters.